The van der Waals surface area contributed by atoms with E-state index in [9.17, 15) is 22.0 Å². The molecule has 4 aromatic rings. The zero-order valence-electron chi connectivity index (χ0n) is 15.2. The van der Waals surface area contributed by atoms with Crippen LogP contribution < -0.4 is 10.1 Å². The third kappa shape index (κ3) is 4.53. The van der Waals surface area contributed by atoms with E-state index >= 15 is 0 Å². The number of rotatable bonds is 6. The highest BCUT2D eigenvalue weighted by molar-refractivity contribution is 6.35. The van der Waals surface area contributed by atoms with Crippen molar-refractivity contribution in [2.45, 2.75) is 19.3 Å². The van der Waals surface area contributed by atoms with Gasteiger partial charge in [-0.15, -0.1) is 10.2 Å². The Morgan fingerprint density at radius 2 is 1.97 bits per heavy atom. The summed E-state index contributed by atoms with van der Waals surface area (Å²) in [7, 11) is 0. The first kappa shape index (κ1) is 20.8. The highest BCUT2D eigenvalue weighted by Crippen LogP contribution is 2.39. The summed E-state index contributed by atoms with van der Waals surface area (Å²) in [5.74, 6) is -0.386. The number of aromatic nitrogens is 4. The molecule has 31 heavy (non-hydrogen) atoms. The summed E-state index contributed by atoms with van der Waals surface area (Å²) >= 11 is 6.25. The number of nitrogens with one attached hydrogen (secondary N) is 2. The quantitative estimate of drug-likeness (QED) is 0.370. The Kier molecular flexibility index (Phi) is 5.39. The lowest BCUT2D eigenvalue weighted by atomic mass is 10.1. The van der Waals surface area contributed by atoms with Gasteiger partial charge in [0.1, 0.15) is 5.75 Å². The Hall–Kier alpha value is -3.41. The van der Waals surface area contributed by atoms with Crippen LogP contribution in [-0.2, 0) is 12.7 Å². The number of furan rings is 1. The van der Waals surface area contributed by atoms with E-state index < -0.39 is 24.1 Å². The van der Waals surface area contributed by atoms with E-state index in [1.165, 1.54) is 6.07 Å². The standard InChI is InChI=1S/C18H11ClF5N5O2/c19-12-4-8(3-9-5-14(30-15(9)12)16-26-28-29-27-16)7-25-10-1-2-13(31-17(20)21)11(6-10)18(22,23)24/h1-6,17,25H,7H2,(H,26,27,28,29). The minimum atomic E-state index is -4.87. The molecule has 0 spiro atoms. The highest BCUT2D eigenvalue weighted by Gasteiger charge is 2.35. The molecule has 0 radical (unpaired) electrons. The second kappa shape index (κ2) is 8.02. The zero-order valence-corrected chi connectivity index (χ0v) is 15.9. The van der Waals surface area contributed by atoms with Gasteiger partial charge in [-0.3, -0.25) is 0 Å². The third-order valence-electron chi connectivity index (χ3n) is 4.19. The van der Waals surface area contributed by atoms with E-state index in [0.717, 1.165) is 6.07 Å². The molecule has 0 bridgehead atoms. The molecule has 0 atom stereocenters. The van der Waals surface area contributed by atoms with Gasteiger partial charge >= 0.3 is 12.8 Å². The van der Waals surface area contributed by atoms with E-state index in [2.05, 4.69) is 30.7 Å². The monoisotopic (exact) mass is 459 g/mol. The molecule has 0 aliphatic rings. The van der Waals surface area contributed by atoms with Crippen LogP contribution in [0.2, 0.25) is 5.02 Å². The molecule has 0 amide bonds. The molecule has 2 N–H and O–H groups in total. The van der Waals surface area contributed by atoms with Crippen molar-refractivity contribution < 1.29 is 31.1 Å². The number of ether oxygens (including phenoxy) is 1. The van der Waals surface area contributed by atoms with Crippen LogP contribution >= 0.6 is 11.6 Å². The molecule has 0 saturated carbocycles. The van der Waals surface area contributed by atoms with Gasteiger partial charge in [0, 0.05) is 17.6 Å². The predicted octanol–water partition coefficient (Wildman–Crippen LogP) is 5.50. The summed E-state index contributed by atoms with van der Waals surface area (Å²) < 4.78 is 73.9. The largest absolute Gasteiger partial charge is 0.451 e. The first-order valence-corrected chi connectivity index (χ1v) is 8.94. The van der Waals surface area contributed by atoms with Crippen LogP contribution in [0.3, 0.4) is 0 Å². The Bertz CT molecular complexity index is 1210. The molecule has 0 aliphatic carbocycles. The molecule has 2 aromatic carbocycles. The van der Waals surface area contributed by atoms with E-state index in [1.54, 1.807) is 18.2 Å². The van der Waals surface area contributed by atoms with Crippen molar-refractivity contribution >= 4 is 28.3 Å². The second-order valence-electron chi connectivity index (χ2n) is 6.28. The maximum absolute atomic E-state index is 13.2. The van der Waals surface area contributed by atoms with Crippen molar-refractivity contribution in [3.8, 4) is 17.3 Å². The van der Waals surface area contributed by atoms with Crippen molar-refractivity contribution in [1.29, 1.82) is 0 Å². The fourth-order valence-corrected chi connectivity index (χ4v) is 3.20. The molecule has 4 rings (SSSR count). The topological polar surface area (TPSA) is 88.9 Å². The fraction of sp³-hybridized carbons (Fsp3) is 0.167. The van der Waals surface area contributed by atoms with E-state index in [-0.39, 0.29) is 23.1 Å². The Labute approximate surface area is 175 Å². The molecule has 0 unspecified atom stereocenters. The summed E-state index contributed by atoms with van der Waals surface area (Å²) in [6.07, 6.45) is -4.87. The summed E-state index contributed by atoms with van der Waals surface area (Å²) in [5, 5.41) is 17.1. The van der Waals surface area contributed by atoms with Gasteiger partial charge in [-0.1, -0.05) is 11.6 Å². The normalized spacial score (nSPS) is 12.0. The average molecular weight is 460 g/mol. The average Bonchev–Trinajstić information content (AvgIpc) is 3.35. The maximum Gasteiger partial charge on any atom is 0.420 e. The Morgan fingerprint density at radius 1 is 1.16 bits per heavy atom. The number of nitrogens with zero attached hydrogens (tertiary/aromatic N) is 3. The molecule has 13 heteroatoms. The van der Waals surface area contributed by atoms with Crippen LogP contribution in [0.25, 0.3) is 22.6 Å². The molecule has 0 fully saturated rings. The van der Waals surface area contributed by atoms with E-state index in [4.69, 9.17) is 16.0 Å². The van der Waals surface area contributed by atoms with Crippen LogP contribution in [0.5, 0.6) is 5.75 Å². The van der Waals surface area contributed by atoms with Crippen molar-refractivity contribution in [3.05, 3.63) is 52.5 Å². The van der Waals surface area contributed by atoms with Crippen molar-refractivity contribution in [2.24, 2.45) is 0 Å². The summed E-state index contributed by atoms with van der Waals surface area (Å²) in [6.45, 7) is -3.27. The van der Waals surface area contributed by atoms with Crippen LogP contribution in [-0.4, -0.2) is 27.2 Å². The number of anilines is 1. The van der Waals surface area contributed by atoms with Crippen molar-refractivity contribution in [1.82, 2.24) is 20.6 Å². The number of tetrazole rings is 1. The fourth-order valence-electron chi connectivity index (χ4n) is 2.91. The zero-order chi connectivity index (χ0) is 22.2. The number of alkyl halides is 5. The van der Waals surface area contributed by atoms with Crippen LogP contribution in [0.15, 0.2) is 40.8 Å². The number of H-pyrrole nitrogens is 1. The summed E-state index contributed by atoms with van der Waals surface area (Å²) in [6, 6.07) is 7.69. The first-order chi connectivity index (χ1) is 14.7. The van der Waals surface area contributed by atoms with Crippen LogP contribution in [0, 0.1) is 0 Å². The second-order valence-corrected chi connectivity index (χ2v) is 6.69. The number of hydrogen-bond donors (Lipinski definition) is 2. The predicted molar refractivity (Wildman–Crippen MR) is 99.8 cm³/mol. The lowest BCUT2D eigenvalue weighted by Gasteiger charge is -2.15. The third-order valence-corrected chi connectivity index (χ3v) is 4.47. The van der Waals surface area contributed by atoms with Gasteiger partial charge in [-0.25, -0.2) is 0 Å². The number of halogens is 6. The van der Waals surface area contributed by atoms with Gasteiger partial charge in [0.15, 0.2) is 11.3 Å². The minimum absolute atomic E-state index is 0.0600. The number of fused-ring (bicyclic) bond motifs is 1. The summed E-state index contributed by atoms with van der Waals surface area (Å²) in [5.41, 5.74) is -0.229. The minimum Gasteiger partial charge on any atom is -0.451 e. The first-order valence-electron chi connectivity index (χ1n) is 8.56. The van der Waals surface area contributed by atoms with Crippen molar-refractivity contribution in [2.75, 3.05) is 5.32 Å². The molecule has 7 nitrogen and oxygen atoms in total. The van der Waals surface area contributed by atoms with Gasteiger partial charge in [0.2, 0.25) is 5.82 Å². The number of benzene rings is 2. The van der Waals surface area contributed by atoms with Crippen LogP contribution in [0.4, 0.5) is 27.6 Å². The molecule has 0 aliphatic heterocycles. The molecule has 162 valence electrons. The summed E-state index contributed by atoms with van der Waals surface area (Å²) in [4.78, 5) is 0. The van der Waals surface area contributed by atoms with Gasteiger partial charge in [-0.2, -0.15) is 27.2 Å². The lowest BCUT2D eigenvalue weighted by Crippen LogP contribution is -2.12. The number of hydrogen-bond acceptors (Lipinski definition) is 6. The van der Waals surface area contributed by atoms with Gasteiger partial charge < -0.3 is 14.5 Å². The highest BCUT2D eigenvalue weighted by atomic mass is 35.5. The van der Waals surface area contributed by atoms with Gasteiger partial charge in [0.05, 0.1) is 10.6 Å². The molecular weight excluding hydrogens is 449 g/mol. The SMILES string of the molecule is FC(F)Oc1ccc(NCc2cc(Cl)c3oc(-c4nn[nH]n4)cc3c2)cc1C(F)(F)F. The molecule has 2 aromatic heterocycles. The molecule has 2 heterocycles. The van der Waals surface area contributed by atoms with Gasteiger partial charge in [0.25, 0.3) is 0 Å². The Balaban J connectivity index is 1.57. The Morgan fingerprint density at radius 3 is 2.65 bits per heavy atom. The van der Waals surface area contributed by atoms with E-state index in [1.807, 2.05) is 0 Å². The van der Waals surface area contributed by atoms with Crippen LogP contribution in [0.1, 0.15) is 11.1 Å². The molecular formula is C18H11ClF5N5O2. The van der Waals surface area contributed by atoms with Crippen molar-refractivity contribution in [3.63, 3.8) is 0 Å². The number of aromatic amines is 1. The molecule has 0 saturated heterocycles. The maximum atomic E-state index is 13.2. The van der Waals surface area contributed by atoms with Gasteiger partial charge in [-0.05, 0) is 47.2 Å². The lowest BCUT2D eigenvalue weighted by molar-refractivity contribution is -0.141. The van der Waals surface area contributed by atoms with E-state index in [0.29, 0.717) is 28.4 Å². The smallest absolute Gasteiger partial charge is 0.420 e.